The van der Waals surface area contributed by atoms with Gasteiger partial charge in [0.1, 0.15) is 5.82 Å². The minimum absolute atomic E-state index is 0.0801. The molecule has 0 fully saturated rings. The number of anilines is 1. The van der Waals surface area contributed by atoms with Crippen LogP contribution in [-0.4, -0.2) is 28.3 Å². The lowest BCUT2D eigenvalue weighted by atomic mass is 10.1. The molecule has 7 heteroatoms. The number of halogens is 1. The number of Topliss-reactive ketones (excluding diaryl/α,β-unsaturated/α-hetero) is 1. The fraction of sp³-hybridized carbons (Fsp3) is 0.400. The molecule has 0 aliphatic heterocycles. The van der Waals surface area contributed by atoms with E-state index in [1.165, 1.54) is 17.4 Å². The van der Waals surface area contributed by atoms with Crippen molar-refractivity contribution in [1.29, 1.82) is 0 Å². The predicted molar refractivity (Wildman–Crippen MR) is 89.5 cm³/mol. The van der Waals surface area contributed by atoms with Crippen LogP contribution in [0.2, 0.25) is 0 Å². The lowest BCUT2D eigenvalue weighted by Crippen LogP contribution is -2.14. The summed E-state index contributed by atoms with van der Waals surface area (Å²) in [4.78, 5) is 12.0. The summed E-state index contributed by atoms with van der Waals surface area (Å²) in [6.07, 6.45) is 2.29. The molecule has 0 saturated carbocycles. The summed E-state index contributed by atoms with van der Waals surface area (Å²) in [5.41, 5.74) is 0.889. The number of aromatic nitrogens is 2. The van der Waals surface area contributed by atoms with Crippen molar-refractivity contribution >= 4 is 34.0 Å². The summed E-state index contributed by atoms with van der Waals surface area (Å²) < 4.78 is 14.4. The van der Waals surface area contributed by atoms with E-state index in [2.05, 4.69) is 22.4 Å². The minimum atomic E-state index is -0.364. The van der Waals surface area contributed by atoms with Crippen molar-refractivity contribution in [2.24, 2.45) is 0 Å². The molecule has 1 aromatic heterocycles. The van der Waals surface area contributed by atoms with Gasteiger partial charge in [-0.25, -0.2) is 4.39 Å². The number of thioether (sulfide) groups is 1. The second-order valence-electron chi connectivity index (χ2n) is 4.82. The van der Waals surface area contributed by atoms with E-state index in [1.807, 2.05) is 0 Å². The molecule has 0 saturated heterocycles. The minimum Gasteiger partial charge on any atom is -0.353 e. The zero-order valence-electron chi connectivity index (χ0n) is 12.6. The van der Waals surface area contributed by atoms with Gasteiger partial charge in [0.15, 0.2) is 10.1 Å². The molecule has 2 aromatic rings. The van der Waals surface area contributed by atoms with Crippen LogP contribution in [0.5, 0.6) is 0 Å². The van der Waals surface area contributed by atoms with Gasteiger partial charge in [-0.15, -0.1) is 10.2 Å². The third kappa shape index (κ3) is 4.78. The Morgan fingerprint density at radius 3 is 2.95 bits per heavy atom. The molecule has 0 aliphatic rings. The summed E-state index contributed by atoms with van der Waals surface area (Å²) in [5.74, 6) is 0.484. The Morgan fingerprint density at radius 2 is 2.23 bits per heavy atom. The van der Waals surface area contributed by atoms with E-state index in [4.69, 9.17) is 0 Å². The average Bonchev–Trinajstić information content (AvgIpc) is 2.96. The van der Waals surface area contributed by atoms with E-state index in [-0.39, 0.29) is 18.1 Å². The summed E-state index contributed by atoms with van der Waals surface area (Å²) in [6, 6.07) is 4.51. The number of unbranched alkanes of at least 4 members (excludes halogenated alkanes) is 1. The number of rotatable bonds is 8. The third-order valence-corrected chi connectivity index (χ3v) is 5.12. The highest BCUT2D eigenvalue weighted by Gasteiger charge is 2.10. The van der Waals surface area contributed by atoms with E-state index < -0.39 is 0 Å². The fourth-order valence-electron chi connectivity index (χ4n) is 1.67. The van der Waals surface area contributed by atoms with Gasteiger partial charge in [-0.2, -0.15) is 0 Å². The molecular weight excluding hydrogens is 321 g/mol. The Balaban J connectivity index is 1.86. The lowest BCUT2D eigenvalue weighted by molar-refractivity contribution is 0.101. The van der Waals surface area contributed by atoms with E-state index in [0.29, 0.717) is 16.3 Å². The van der Waals surface area contributed by atoms with Gasteiger partial charge in [-0.3, -0.25) is 4.79 Å². The number of carbonyl (C=O) groups excluding carboxylic acids is 1. The van der Waals surface area contributed by atoms with Crippen molar-refractivity contribution in [2.75, 3.05) is 17.6 Å². The highest BCUT2D eigenvalue weighted by molar-refractivity contribution is 8.01. The van der Waals surface area contributed by atoms with Gasteiger partial charge in [0.05, 0.1) is 6.54 Å². The highest BCUT2D eigenvalue weighted by atomic mass is 32.2. The molecule has 0 spiro atoms. The van der Waals surface area contributed by atoms with Crippen molar-refractivity contribution < 1.29 is 9.18 Å². The summed E-state index contributed by atoms with van der Waals surface area (Å²) >= 11 is 3.10. The lowest BCUT2D eigenvalue weighted by Gasteiger charge is -2.03. The fourth-order valence-corrected chi connectivity index (χ4v) is 3.57. The number of aryl methyl sites for hydroxylation is 1. The van der Waals surface area contributed by atoms with Crippen molar-refractivity contribution in [3.05, 3.63) is 35.1 Å². The summed E-state index contributed by atoms with van der Waals surface area (Å²) in [7, 11) is 0. The quantitative estimate of drug-likeness (QED) is 0.444. The van der Waals surface area contributed by atoms with Gasteiger partial charge in [0.2, 0.25) is 5.13 Å². The van der Waals surface area contributed by atoms with Gasteiger partial charge >= 0.3 is 0 Å². The number of nitrogens with one attached hydrogen (secondary N) is 1. The van der Waals surface area contributed by atoms with Crippen LogP contribution in [0.3, 0.4) is 0 Å². The SMILES string of the molecule is CCCCSc1nnc(NCC(=O)c2ccc(C)c(F)c2)s1. The van der Waals surface area contributed by atoms with Crippen LogP contribution in [0.25, 0.3) is 0 Å². The number of carbonyl (C=O) groups is 1. The molecule has 1 heterocycles. The Bertz CT molecular complexity index is 645. The van der Waals surface area contributed by atoms with E-state index >= 15 is 0 Å². The molecule has 22 heavy (non-hydrogen) atoms. The van der Waals surface area contributed by atoms with Gasteiger partial charge in [-0.1, -0.05) is 48.6 Å². The van der Waals surface area contributed by atoms with Crippen LogP contribution in [0.15, 0.2) is 22.5 Å². The second kappa shape index (κ2) is 8.24. The zero-order chi connectivity index (χ0) is 15.9. The molecule has 4 nitrogen and oxygen atoms in total. The molecule has 1 aromatic carbocycles. The molecule has 0 amide bonds. The first-order chi connectivity index (χ1) is 10.6. The van der Waals surface area contributed by atoms with E-state index in [0.717, 1.165) is 22.9 Å². The van der Waals surface area contributed by atoms with Crippen molar-refractivity contribution in [1.82, 2.24) is 10.2 Å². The number of ketones is 1. The Morgan fingerprint density at radius 1 is 1.41 bits per heavy atom. The standard InChI is InChI=1S/C15H18FN3OS2/c1-3-4-7-21-15-19-18-14(22-15)17-9-13(20)11-6-5-10(2)12(16)8-11/h5-6,8H,3-4,7,9H2,1-2H3,(H,17,18). The largest absolute Gasteiger partial charge is 0.353 e. The predicted octanol–water partition coefficient (Wildman–Crippen LogP) is 4.17. The number of hydrogen-bond donors (Lipinski definition) is 1. The van der Waals surface area contributed by atoms with E-state index in [9.17, 15) is 9.18 Å². The summed E-state index contributed by atoms with van der Waals surface area (Å²) in [6.45, 7) is 3.89. The first-order valence-corrected chi connectivity index (χ1v) is 8.90. The van der Waals surface area contributed by atoms with Gasteiger partial charge in [-0.05, 0) is 25.0 Å². The molecule has 0 bridgehead atoms. The maximum absolute atomic E-state index is 13.5. The molecule has 2 rings (SSSR count). The van der Waals surface area contributed by atoms with Crippen LogP contribution in [0.1, 0.15) is 35.7 Å². The van der Waals surface area contributed by atoms with Crippen LogP contribution in [0.4, 0.5) is 9.52 Å². The Kier molecular flexibility index (Phi) is 6.33. The molecule has 0 aliphatic carbocycles. The summed E-state index contributed by atoms with van der Waals surface area (Å²) in [5, 5.41) is 11.6. The Hall–Kier alpha value is -1.47. The smallest absolute Gasteiger partial charge is 0.206 e. The first kappa shape index (κ1) is 16.9. The van der Waals surface area contributed by atoms with Gasteiger partial charge in [0.25, 0.3) is 0 Å². The molecule has 0 unspecified atom stereocenters. The third-order valence-electron chi connectivity index (χ3n) is 3.02. The molecule has 0 atom stereocenters. The van der Waals surface area contributed by atoms with Crippen LogP contribution in [0, 0.1) is 12.7 Å². The topological polar surface area (TPSA) is 54.9 Å². The highest BCUT2D eigenvalue weighted by Crippen LogP contribution is 2.26. The Labute approximate surface area is 137 Å². The zero-order valence-corrected chi connectivity index (χ0v) is 14.2. The van der Waals surface area contributed by atoms with Gasteiger partial charge in [0, 0.05) is 11.3 Å². The van der Waals surface area contributed by atoms with Crippen LogP contribution in [-0.2, 0) is 0 Å². The molecule has 118 valence electrons. The maximum Gasteiger partial charge on any atom is 0.206 e. The molecule has 1 N–H and O–H groups in total. The van der Waals surface area contributed by atoms with Crippen LogP contribution < -0.4 is 5.32 Å². The van der Waals surface area contributed by atoms with Crippen molar-refractivity contribution in [3.8, 4) is 0 Å². The molecular formula is C15H18FN3OS2. The second-order valence-corrected chi connectivity index (χ2v) is 7.14. The number of hydrogen-bond acceptors (Lipinski definition) is 6. The van der Waals surface area contributed by atoms with E-state index in [1.54, 1.807) is 30.8 Å². The maximum atomic E-state index is 13.5. The van der Waals surface area contributed by atoms with Gasteiger partial charge < -0.3 is 5.32 Å². The monoisotopic (exact) mass is 339 g/mol. The number of benzene rings is 1. The first-order valence-electron chi connectivity index (χ1n) is 7.09. The van der Waals surface area contributed by atoms with Crippen molar-refractivity contribution in [2.45, 2.75) is 31.0 Å². The van der Waals surface area contributed by atoms with Crippen LogP contribution >= 0.6 is 23.1 Å². The normalized spacial score (nSPS) is 10.7. The number of nitrogens with zero attached hydrogens (tertiary/aromatic N) is 2. The van der Waals surface area contributed by atoms with Crippen molar-refractivity contribution in [3.63, 3.8) is 0 Å². The molecule has 0 radical (unpaired) electrons. The average molecular weight is 339 g/mol.